The lowest BCUT2D eigenvalue weighted by molar-refractivity contribution is 0.802. The van der Waals surface area contributed by atoms with E-state index in [0.29, 0.717) is 5.82 Å². The molecule has 0 aliphatic carbocycles. The first-order valence-electron chi connectivity index (χ1n) is 5.09. The van der Waals surface area contributed by atoms with Crippen LogP contribution in [0.2, 0.25) is 0 Å². The molecule has 2 aromatic rings. The van der Waals surface area contributed by atoms with E-state index in [-0.39, 0.29) is 5.56 Å². The third-order valence-corrected chi connectivity index (χ3v) is 3.68. The van der Waals surface area contributed by atoms with E-state index in [4.69, 9.17) is 0 Å². The van der Waals surface area contributed by atoms with Crippen LogP contribution in [0.25, 0.3) is 5.82 Å². The second-order valence-electron chi connectivity index (χ2n) is 3.89. The Morgan fingerprint density at radius 3 is 3.12 bits per heavy atom. The summed E-state index contributed by atoms with van der Waals surface area (Å²) < 4.78 is 1.54. The molecule has 0 amide bonds. The normalized spacial score (nSPS) is 14.1. The average Bonchev–Trinajstić information content (AvgIpc) is 2.82. The summed E-state index contributed by atoms with van der Waals surface area (Å²) in [6.07, 6.45) is 1.72. The molecular formula is C11H11N3OS. The van der Waals surface area contributed by atoms with E-state index in [9.17, 15) is 4.79 Å². The van der Waals surface area contributed by atoms with Gasteiger partial charge in [-0.05, 0) is 24.6 Å². The Morgan fingerprint density at radius 2 is 2.38 bits per heavy atom. The molecule has 16 heavy (non-hydrogen) atoms. The van der Waals surface area contributed by atoms with Crippen molar-refractivity contribution in [3.63, 3.8) is 0 Å². The third-order valence-electron chi connectivity index (χ3n) is 2.70. The van der Waals surface area contributed by atoms with Crippen molar-refractivity contribution in [2.24, 2.45) is 0 Å². The van der Waals surface area contributed by atoms with Crippen LogP contribution in [0, 0.1) is 6.92 Å². The number of fused-ring (bicyclic) bond motifs is 1. The number of nitrogens with one attached hydrogen (secondary N) is 1. The zero-order chi connectivity index (χ0) is 11.1. The molecule has 0 aromatic carbocycles. The number of thioether (sulfide) groups is 1. The summed E-state index contributed by atoms with van der Waals surface area (Å²) >= 11 is 1.77. The predicted octanol–water partition coefficient (Wildman–Crippen LogP) is 1.62. The lowest BCUT2D eigenvalue weighted by Gasteiger charge is -2.01. The van der Waals surface area contributed by atoms with Gasteiger partial charge in [-0.2, -0.15) is 11.8 Å². The third kappa shape index (κ3) is 1.39. The quantitative estimate of drug-likeness (QED) is 0.814. The number of aromatic amines is 1. The van der Waals surface area contributed by atoms with Crippen molar-refractivity contribution in [1.82, 2.24) is 14.8 Å². The van der Waals surface area contributed by atoms with Gasteiger partial charge in [0, 0.05) is 17.7 Å². The molecular weight excluding hydrogens is 222 g/mol. The number of pyridine rings is 1. The Balaban J connectivity index is 2.18. The molecule has 0 atom stereocenters. The molecule has 0 spiro atoms. The molecule has 3 heterocycles. The van der Waals surface area contributed by atoms with Crippen LogP contribution in [-0.4, -0.2) is 14.8 Å². The van der Waals surface area contributed by atoms with Gasteiger partial charge in [-0.25, -0.2) is 9.67 Å². The van der Waals surface area contributed by atoms with E-state index in [0.717, 1.165) is 28.3 Å². The van der Waals surface area contributed by atoms with Gasteiger partial charge in [0.15, 0.2) is 5.82 Å². The van der Waals surface area contributed by atoms with Crippen molar-refractivity contribution in [3.05, 3.63) is 45.5 Å². The van der Waals surface area contributed by atoms with Gasteiger partial charge < -0.3 is 0 Å². The highest BCUT2D eigenvalue weighted by Gasteiger charge is 2.20. The number of hydrogen-bond acceptors (Lipinski definition) is 3. The minimum Gasteiger partial charge on any atom is -0.292 e. The molecule has 4 nitrogen and oxygen atoms in total. The molecule has 0 unspecified atom stereocenters. The molecule has 1 aliphatic heterocycles. The molecule has 0 bridgehead atoms. The fourth-order valence-corrected chi connectivity index (χ4v) is 2.89. The highest BCUT2D eigenvalue weighted by Crippen LogP contribution is 2.26. The first kappa shape index (κ1) is 9.72. The maximum atomic E-state index is 12.1. The molecule has 0 radical (unpaired) electrons. The Bertz CT molecular complexity index is 600. The van der Waals surface area contributed by atoms with Crippen LogP contribution < -0.4 is 5.56 Å². The average molecular weight is 233 g/mol. The number of hydrogen-bond donors (Lipinski definition) is 1. The first-order chi connectivity index (χ1) is 7.75. The van der Waals surface area contributed by atoms with Crippen LogP contribution in [0.4, 0.5) is 0 Å². The molecule has 1 N–H and O–H groups in total. The predicted molar refractivity (Wildman–Crippen MR) is 63.9 cm³/mol. The van der Waals surface area contributed by atoms with Gasteiger partial charge in [0.2, 0.25) is 0 Å². The number of rotatable bonds is 1. The van der Waals surface area contributed by atoms with E-state index < -0.39 is 0 Å². The Hall–Kier alpha value is -1.49. The van der Waals surface area contributed by atoms with Gasteiger partial charge in [-0.1, -0.05) is 0 Å². The number of aromatic nitrogens is 3. The fourth-order valence-electron chi connectivity index (χ4n) is 1.84. The van der Waals surface area contributed by atoms with Gasteiger partial charge in [0.25, 0.3) is 5.56 Å². The van der Waals surface area contributed by atoms with Crippen LogP contribution in [0.15, 0.2) is 23.1 Å². The standard InChI is InChI=1S/C11H11N3OS/c1-7-2-3-12-10(4-7)14-11(15)8-5-16-6-9(8)13-14/h2-4,13H,5-6H2,1H3. The van der Waals surface area contributed by atoms with Crippen molar-refractivity contribution in [1.29, 1.82) is 0 Å². The van der Waals surface area contributed by atoms with Crippen LogP contribution in [0.1, 0.15) is 16.8 Å². The van der Waals surface area contributed by atoms with Gasteiger partial charge in [-0.3, -0.25) is 9.89 Å². The van der Waals surface area contributed by atoms with E-state index in [1.807, 2.05) is 19.1 Å². The molecule has 0 fully saturated rings. The molecule has 2 aromatic heterocycles. The maximum absolute atomic E-state index is 12.1. The van der Waals surface area contributed by atoms with E-state index in [1.165, 1.54) is 4.68 Å². The molecule has 3 rings (SSSR count). The summed E-state index contributed by atoms with van der Waals surface area (Å²) in [7, 11) is 0. The summed E-state index contributed by atoms with van der Waals surface area (Å²) in [5.41, 5.74) is 3.07. The zero-order valence-corrected chi connectivity index (χ0v) is 9.67. The van der Waals surface area contributed by atoms with Crippen LogP contribution in [-0.2, 0) is 11.5 Å². The number of nitrogens with zero attached hydrogens (tertiary/aromatic N) is 2. The number of H-pyrrole nitrogens is 1. The van der Waals surface area contributed by atoms with Gasteiger partial charge >= 0.3 is 0 Å². The van der Waals surface area contributed by atoms with Gasteiger partial charge in [-0.15, -0.1) is 0 Å². The van der Waals surface area contributed by atoms with Crippen molar-refractivity contribution < 1.29 is 0 Å². The summed E-state index contributed by atoms with van der Waals surface area (Å²) in [6, 6.07) is 3.82. The fraction of sp³-hybridized carbons (Fsp3) is 0.273. The van der Waals surface area contributed by atoms with Crippen molar-refractivity contribution in [2.45, 2.75) is 18.4 Å². The van der Waals surface area contributed by atoms with Crippen LogP contribution in [0.5, 0.6) is 0 Å². The Labute approximate surface area is 96.7 Å². The van der Waals surface area contributed by atoms with Gasteiger partial charge in [0.1, 0.15) is 0 Å². The lowest BCUT2D eigenvalue weighted by Crippen LogP contribution is -2.18. The summed E-state index contributed by atoms with van der Waals surface area (Å²) in [6.45, 7) is 1.99. The van der Waals surface area contributed by atoms with Crippen LogP contribution in [0.3, 0.4) is 0 Å². The van der Waals surface area contributed by atoms with Gasteiger partial charge in [0.05, 0.1) is 11.3 Å². The minimum absolute atomic E-state index is 0.0399. The van der Waals surface area contributed by atoms with E-state index >= 15 is 0 Å². The summed E-state index contributed by atoms with van der Waals surface area (Å²) in [5.74, 6) is 2.37. The van der Waals surface area contributed by atoms with E-state index in [2.05, 4.69) is 10.1 Å². The second kappa shape index (κ2) is 3.52. The monoisotopic (exact) mass is 233 g/mol. The molecule has 0 saturated carbocycles. The smallest absolute Gasteiger partial charge is 0.276 e. The second-order valence-corrected chi connectivity index (χ2v) is 4.88. The number of aryl methyl sites for hydroxylation is 1. The lowest BCUT2D eigenvalue weighted by atomic mass is 10.3. The minimum atomic E-state index is 0.0399. The van der Waals surface area contributed by atoms with Crippen molar-refractivity contribution in [2.75, 3.05) is 0 Å². The van der Waals surface area contributed by atoms with Crippen LogP contribution >= 0.6 is 11.8 Å². The largest absolute Gasteiger partial charge is 0.292 e. The zero-order valence-electron chi connectivity index (χ0n) is 8.86. The highest BCUT2D eigenvalue weighted by atomic mass is 32.2. The molecule has 1 aliphatic rings. The maximum Gasteiger partial charge on any atom is 0.276 e. The van der Waals surface area contributed by atoms with Crippen molar-refractivity contribution in [3.8, 4) is 5.82 Å². The highest BCUT2D eigenvalue weighted by molar-refractivity contribution is 7.98. The Kier molecular flexibility index (Phi) is 2.14. The van der Waals surface area contributed by atoms with E-state index in [1.54, 1.807) is 18.0 Å². The molecule has 5 heteroatoms. The summed E-state index contributed by atoms with van der Waals surface area (Å²) in [4.78, 5) is 16.3. The molecule has 0 saturated heterocycles. The molecule has 82 valence electrons. The topological polar surface area (TPSA) is 50.7 Å². The van der Waals surface area contributed by atoms with Crippen molar-refractivity contribution >= 4 is 11.8 Å². The first-order valence-corrected chi connectivity index (χ1v) is 6.25. The Morgan fingerprint density at radius 1 is 1.50 bits per heavy atom. The SMILES string of the molecule is Cc1ccnc(-n2[nH]c3c(c2=O)CSC3)c1. The summed E-state index contributed by atoms with van der Waals surface area (Å²) in [5, 5.41) is 3.13.